The van der Waals surface area contributed by atoms with Gasteiger partial charge in [-0.05, 0) is 66.7 Å². The van der Waals surface area contributed by atoms with Gasteiger partial charge in [0, 0.05) is 43.5 Å². The number of hydrogen-bond donors (Lipinski definition) is 0. The Labute approximate surface area is 218 Å². The second-order valence-corrected chi connectivity index (χ2v) is 11.1. The zero-order chi connectivity index (χ0) is 26.1. The molecule has 0 saturated carbocycles. The Balaban J connectivity index is 0.000000383. The fourth-order valence-electron chi connectivity index (χ4n) is 4.58. The molecular formula is C29H39F3N2OS. The topological polar surface area (TPSA) is 23.6 Å². The molecule has 0 radical (unpaired) electrons. The minimum atomic E-state index is -4.32. The van der Waals surface area contributed by atoms with Gasteiger partial charge in [-0.1, -0.05) is 51.1 Å². The van der Waals surface area contributed by atoms with Crippen LogP contribution in [0.25, 0.3) is 0 Å². The lowest BCUT2D eigenvalue weighted by molar-refractivity contribution is -0.137. The van der Waals surface area contributed by atoms with Gasteiger partial charge in [0.1, 0.15) is 0 Å². The van der Waals surface area contributed by atoms with Crippen molar-refractivity contribution in [3.05, 3.63) is 65.2 Å². The summed E-state index contributed by atoms with van der Waals surface area (Å²) in [6, 6.07) is 14.6. The Morgan fingerprint density at radius 1 is 1.06 bits per heavy atom. The molecule has 0 bridgehead atoms. The smallest absolute Gasteiger partial charge is 0.368 e. The number of halogens is 3. The third kappa shape index (κ3) is 8.19. The van der Waals surface area contributed by atoms with Gasteiger partial charge < -0.3 is 9.80 Å². The molecule has 0 aliphatic carbocycles. The minimum absolute atomic E-state index is 0.143. The molecular weight excluding hydrogens is 481 g/mol. The van der Waals surface area contributed by atoms with Crippen molar-refractivity contribution < 1.29 is 18.0 Å². The maximum Gasteiger partial charge on any atom is 0.416 e. The highest BCUT2D eigenvalue weighted by atomic mass is 32.2. The fourth-order valence-corrected chi connectivity index (χ4v) is 5.80. The summed E-state index contributed by atoms with van der Waals surface area (Å²) >= 11 is 1.84. The number of benzene rings is 2. The summed E-state index contributed by atoms with van der Waals surface area (Å²) in [4.78, 5) is 16.7. The van der Waals surface area contributed by atoms with Crippen LogP contribution in [-0.2, 0) is 23.8 Å². The molecule has 2 aromatic carbocycles. The normalized spacial score (nSPS) is 18.2. The van der Waals surface area contributed by atoms with Crippen LogP contribution in [0.15, 0.2) is 48.5 Å². The number of carbonyl (C=O) groups excluding carboxylic acids is 1. The van der Waals surface area contributed by atoms with E-state index in [9.17, 15) is 18.0 Å². The van der Waals surface area contributed by atoms with Gasteiger partial charge in [0.2, 0.25) is 5.91 Å². The molecule has 4 rings (SSSR count). The summed E-state index contributed by atoms with van der Waals surface area (Å²) in [5, 5.41) is 0. The van der Waals surface area contributed by atoms with Crippen LogP contribution in [0.2, 0.25) is 0 Å². The van der Waals surface area contributed by atoms with Gasteiger partial charge in [0.25, 0.3) is 0 Å². The van der Waals surface area contributed by atoms with Crippen LogP contribution in [0, 0.1) is 11.8 Å². The zero-order valence-electron chi connectivity index (χ0n) is 21.7. The van der Waals surface area contributed by atoms with Crippen molar-refractivity contribution in [3.63, 3.8) is 0 Å². The second kappa shape index (κ2) is 13.4. The lowest BCUT2D eigenvalue weighted by atomic mass is 9.98. The molecule has 1 atom stereocenters. The predicted molar refractivity (Wildman–Crippen MR) is 145 cm³/mol. The summed E-state index contributed by atoms with van der Waals surface area (Å²) in [6.07, 6.45) is -0.736. The van der Waals surface area contributed by atoms with E-state index in [2.05, 4.69) is 49.9 Å². The van der Waals surface area contributed by atoms with E-state index in [1.807, 2.05) is 22.7 Å². The summed E-state index contributed by atoms with van der Waals surface area (Å²) in [6.45, 7) is 8.96. The Hall–Kier alpha value is -2.15. The van der Waals surface area contributed by atoms with Gasteiger partial charge in [-0.3, -0.25) is 4.79 Å². The van der Waals surface area contributed by atoms with Crippen LogP contribution >= 0.6 is 11.8 Å². The summed E-state index contributed by atoms with van der Waals surface area (Å²) in [5.74, 6) is 2.79. The van der Waals surface area contributed by atoms with Gasteiger partial charge in [0.15, 0.2) is 0 Å². The quantitative estimate of drug-likeness (QED) is 0.412. The number of carbonyl (C=O) groups is 1. The van der Waals surface area contributed by atoms with Crippen molar-refractivity contribution in [2.24, 2.45) is 11.8 Å². The van der Waals surface area contributed by atoms with E-state index in [4.69, 9.17) is 0 Å². The fraction of sp³-hybridized carbons (Fsp3) is 0.552. The summed E-state index contributed by atoms with van der Waals surface area (Å²) in [5.41, 5.74) is 2.47. The number of aryl methyl sites for hydroxylation is 2. The second-order valence-electron chi connectivity index (χ2n) is 9.99. The Morgan fingerprint density at radius 2 is 1.75 bits per heavy atom. The van der Waals surface area contributed by atoms with E-state index in [1.165, 1.54) is 17.7 Å². The molecule has 0 aromatic heterocycles. The summed E-state index contributed by atoms with van der Waals surface area (Å²) < 4.78 is 39.5. The van der Waals surface area contributed by atoms with E-state index >= 15 is 0 Å². The van der Waals surface area contributed by atoms with Crippen molar-refractivity contribution in [2.75, 3.05) is 42.6 Å². The van der Waals surface area contributed by atoms with Gasteiger partial charge in [-0.25, -0.2) is 0 Å². The molecule has 2 heterocycles. The highest BCUT2D eigenvalue weighted by Crippen LogP contribution is 2.34. The van der Waals surface area contributed by atoms with Gasteiger partial charge in [-0.15, -0.1) is 0 Å². The van der Waals surface area contributed by atoms with Crippen molar-refractivity contribution in [3.8, 4) is 0 Å². The third-order valence-corrected chi connectivity index (χ3v) is 8.02. The number of piperazine rings is 1. The number of rotatable bonds is 6. The molecule has 36 heavy (non-hydrogen) atoms. The van der Waals surface area contributed by atoms with Gasteiger partial charge >= 0.3 is 6.18 Å². The lowest BCUT2D eigenvalue weighted by Gasteiger charge is -2.38. The Morgan fingerprint density at radius 3 is 2.28 bits per heavy atom. The van der Waals surface area contributed by atoms with E-state index in [0.717, 1.165) is 42.0 Å². The maximum atomic E-state index is 13.2. The highest BCUT2D eigenvalue weighted by Gasteiger charge is 2.33. The number of anilines is 1. The lowest BCUT2D eigenvalue weighted by Crippen LogP contribution is -2.50. The van der Waals surface area contributed by atoms with E-state index in [0.29, 0.717) is 38.5 Å². The Bertz CT molecular complexity index is 951. The first kappa shape index (κ1) is 28.4. The van der Waals surface area contributed by atoms with Crippen LogP contribution in [0.4, 0.5) is 18.9 Å². The van der Waals surface area contributed by atoms with Crippen LogP contribution in [0.5, 0.6) is 0 Å². The summed E-state index contributed by atoms with van der Waals surface area (Å²) in [7, 11) is 0. The molecule has 2 aromatic rings. The molecule has 7 heteroatoms. The number of alkyl halides is 3. The van der Waals surface area contributed by atoms with Gasteiger partial charge in [-0.2, -0.15) is 24.9 Å². The molecule has 2 aliphatic rings. The molecule has 1 amide bonds. The zero-order valence-corrected chi connectivity index (χ0v) is 22.5. The first-order chi connectivity index (χ1) is 17.2. The number of hydrogen-bond acceptors (Lipinski definition) is 3. The average molecular weight is 521 g/mol. The molecule has 2 aliphatic heterocycles. The third-order valence-electron chi connectivity index (χ3n) is 6.86. The van der Waals surface area contributed by atoms with E-state index < -0.39 is 11.7 Å². The molecule has 0 N–H and O–H groups in total. The number of thioether (sulfide) groups is 1. The average Bonchev–Trinajstić information content (AvgIpc) is 3.42. The van der Waals surface area contributed by atoms with Crippen molar-refractivity contribution in [2.45, 2.75) is 52.6 Å². The monoisotopic (exact) mass is 520 g/mol. The maximum absolute atomic E-state index is 13.2. The highest BCUT2D eigenvalue weighted by molar-refractivity contribution is 7.99. The largest absolute Gasteiger partial charge is 0.416 e. The van der Waals surface area contributed by atoms with Crippen LogP contribution in [0.3, 0.4) is 0 Å². The van der Waals surface area contributed by atoms with Crippen molar-refractivity contribution in [1.29, 1.82) is 0 Å². The minimum Gasteiger partial charge on any atom is -0.368 e. The molecule has 3 nitrogen and oxygen atoms in total. The Kier molecular flexibility index (Phi) is 10.6. The number of amides is 1. The SMILES string of the molecule is CC(C)CCc1cc(C(F)(F)F)ccc1N1CCN(C(=O)C2CCSC2)CC1.CCc1ccccc1. The number of nitrogens with zero attached hydrogens (tertiary/aromatic N) is 2. The van der Waals surface area contributed by atoms with Crippen LogP contribution < -0.4 is 4.90 Å². The van der Waals surface area contributed by atoms with Crippen molar-refractivity contribution in [1.82, 2.24) is 4.90 Å². The predicted octanol–water partition coefficient (Wildman–Crippen LogP) is 6.94. The van der Waals surface area contributed by atoms with Gasteiger partial charge in [0.05, 0.1) is 5.56 Å². The van der Waals surface area contributed by atoms with Crippen LogP contribution in [-0.4, -0.2) is 48.5 Å². The first-order valence-corrected chi connectivity index (χ1v) is 14.2. The van der Waals surface area contributed by atoms with E-state index in [1.54, 1.807) is 6.07 Å². The van der Waals surface area contributed by atoms with Crippen LogP contribution in [0.1, 0.15) is 50.3 Å². The first-order valence-electron chi connectivity index (χ1n) is 13.0. The molecule has 2 fully saturated rings. The van der Waals surface area contributed by atoms with E-state index in [-0.39, 0.29) is 11.8 Å². The van der Waals surface area contributed by atoms with Crippen molar-refractivity contribution >= 4 is 23.4 Å². The molecule has 2 saturated heterocycles. The standard InChI is InChI=1S/C21H29F3N2OS.C8H10/c1-15(2)3-4-16-13-18(21(22,23)24)5-6-19(16)25-8-10-26(11-9-25)20(27)17-7-12-28-14-17;1-2-8-6-4-3-5-7-8/h5-6,13,15,17H,3-4,7-12,14H2,1-2H3;3-7H,2H2,1H3. The molecule has 0 spiro atoms. The molecule has 198 valence electrons. The molecule has 1 unspecified atom stereocenters.